The number of imide groups is 1. The van der Waals surface area contributed by atoms with E-state index in [9.17, 15) is 14.0 Å². The highest BCUT2D eigenvalue weighted by Crippen LogP contribution is 2.36. The van der Waals surface area contributed by atoms with Gasteiger partial charge in [0.05, 0.1) is 11.1 Å². The van der Waals surface area contributed by atoms with Gasteiger partial charge in [0.1, 0.15) is 12.4 Å². The Bertz CT molecular complexity index is 1060. The Labute approximate surface area is 220 Å². The number of nitrogens with zero attached hydrogens (tertiary/aromatic N) is 1. The minimum Gasteiger partial charge on any atom is -0.447 e. The fraction of sp³-hybridized carbons (Fsp3) is 0.500. The van der Waals surface area contributed by atoms with E-state index in [1.54, 1.807) is 6.07 Å². The molecular formula is C28H37ClFNO4Si. The molecule has 0 radical (unpaired) electrons. The quantitative estimate of drug-likeness (QED) is 0.243. The molecule has 0 unspecified atom stereocenters. The molecule has 0 spiro atoms. The molecule has 2 aromatic rings. The topological polar surface area (TPSA) is 55.8 Å². The summed E-state index contributed by atoms with van der Waals surface area (Å²) in [6.07, 6.45) is 1.38. The van der Waals surface area contributed by atoms with E-state index in [0.29, 0.717) is 37.9 Å². The Morgan fingerprint density at radius 2 is 1.89 bits per heavy atom. The lowest BCUT2D eigenvalue weighted by Gasteiger charge is -2.36. The number of hydrogen-bond acceptors (Lipinski definition) is 4. The maximum Gasteiger partial charge on any atom is 0.416 e. The van der Waals surface area contributed by atoms with E-state index >= 15 is 0 Å². The standard InChI is InChI=1S/C28H37ClFNO4Si/c1-28(2,3)36(4,5)35-15-9-12-22(16-21-13-14-24(29)25(30)18-21)26(32)31-23(19-34-27(31)33)17-20-10-7-6-8-11-20/h6-8,10-11,13-14,18,22-23H,9,12,15-17,19H2,1-5H3/t22-,23+/m0/s1. The van der Waals surface area contributed by atoms with E-state index in [1.807, 2.05) is 30.3 Å². The first kappa shape index (κ1) is 28.3. The molecule has 2 amide bonds. The second-order valence-electron chi connectivity index (χ2n) is 11.0. The van der Waals surface area contributed by atoms with Crippen LogP contribution in [0.3, 0.4) is 0 Å². The molecule has 1 aliphatic heterocycles. The summed E-state index contributed by atoms with van der Waals surface area (Å²) in [4.78, 5) is 27.6. The minimum atomic E-state index is -1.92. The number of carbonyl (C=O) groups excluding carboxylic acids is 2. The lowest BCUT2D eigenvalue weighted by molar-refractivity contribution is -0.133. The lowest BCUT2D eigenvalue weighted by Crippen LogP contribution is -2.44. The van der Waals surface area contributed by atoms with Gasteiger partial charge in [-0.05, 0) is 67.1 Å². The second-order valence-corrected chi connectivity index (χ2v) is 16.2. The molecule has 8 heteroatoms. The van der Waals surface area contributed by atoms with Crippen molar-refractivity contribution in [3.8, 4) is 0 Å². The van der Waals surface area contributed by atoms with Gasteiger partial charge in [0.15, 0.2) is 8.32 Å². The van der Waals surface area contributed by atoms with Gasteiger partial charge in [-0.1, -0.05) is 68.8 Å². The molecule has 1 fully saturated rings. The Balaban J connectivity index is 1.76. The number of halogens is 2. The summed E-state index contributed by atoms with van der Waals surface area (Å²) in [6.45, 7) is 11.6. The number of rotatable bonds is 10. The first-order valence-corrected chi connectivity index (χ1v) is 15.8. The van der Waals surface area contributed by atoms with Crippen molar-refractivity contribution in [2.75, 3.05) is 13.2 Å². The van der Waals surface area contributed by atoms with Crippen LogP contribution in [0.15, 0.2) is 48.5 Å². The summed E-state index contributed by atoms with van der Waals surface area (Å²) in [7, 11) is -1.92. The van der Waals surface area contributed by atoms with E-state index < -0.39 is 26.1 Å². The van der Waals surface area contributed by atoms with Crippen molar-refractivity contribution in [3.63, 3.8) is 0 Å². The summed E-state index contributed by atoms with van der Waals surface area (Å²) < 4.78 is 25.7. The summed E-state index contributed by atoms with van der Waals surface area (Å²) in [6, 6.07) is 13.9. The Kier molecular flexibility index (Phi) is 9.36. The third kappa shape index (κ3) is 7.17. The average molecular weight is 534 g/mol. The Morgan fingerprint density at radius 1 is 1.19 bits per heavy atom. The van der Waals surface area contributed by atoms with Gasteiger partial charge < -0.3 is 9.16 Å². The molecule has 36 heavy (non-hydrogen) atoms. The van der Waals surface area contributed by atoms with Crippen LogP contribution in [0.4, 0.5) is 9.18 Å². The molecule has 0 saturated carbocycles. The van der Waals surface area contributed by atoms with Crippen LogP contribution in [-0.2, 0) is 26.8 Å². The number of hydrogen-bond donors (Lipinski definition) is 0. The highest BCUT2D eigenvalue weighted by Gasteiger charge is 2.41. The molecule has 1 aliphatic rings. The molecule has 2 atom stereocenters. The number of carbonyl (C=O) groups is 2. The van der Waals surface area contributed by atoms with Gasteiger partial charge in [-0.15, -0.1) is 0 Å². The van der Waals surface area contributed by atoms with Crippen LogP contribution < -0.4 is 0 Å². The zero-order valence-electron chi connectivity index (χ0n) is 21.9. The summed E-state index contributed by atoms with van der Waals surface area (Å²) >= 11 is 5.86. The lowest BCUT2D eigenvalue weighted by atomic mass is 9.92. The van der Waals surface area contributed by atoms with E-state index in [4.69, 9.17) is 20.8 Å². The summed E-state index contributed by atoms with van der Waals surface area (Å²) in [5, 5.41) is 0.128. The Hall–Kier alpha value is -2.22. The van der Waals surface area contributed by atoms with Gasteiger partial charge in [-0.3, -0.25) is 4.79 Å². The van der Waals surface area contributed by atoms with Crippen molar-refractivity contribution in [1.29, 1.82) is 0 Å². The number of amides is 2. The molecule has 0 aromatic heterocycles. The largest absolute Gasteiger partial charge is 0.447 e. The van der Waals surface area contributed by atoms with E-state index in [1.165, 1.54) is 17.0 Å². The van der Waals surface area contributed by atoms with Crippen LogP contribution in [0.5, 0.6) is 0 Å². The zero-order valence-corrected chi connectivity index (χ0v) is 23.6. The molecule has 0 N–H and O–H groups in total. The van der Waals surface area contributed by atoms with Gasteiger partial charge in [-0.2, -0.15) is 0 Å². The first-order chi connectivity index (χ1) is 16.9. The normalized spacial score (nSPS) is 17.2. The van der Waals surface area contributed by atoms with Crippen LogP contribution in [0, 0.1) is 11.7 Å². The highest BCUT2D eigenvalue weighted by molar-refractivity contribution is 6.74. The fourth-order valence-corrected chi connectivity index (χ4v) is 5.31. The van der Waals surface area contributed by atoms with Gasteiger partial charge in [0, 0.05) is 12.5 Å². The van der Waals surface area contributed by atoms with Gasteiger partial charge in [-0.25, -0.2) is 14.1 Å². The van der Waals surface area contributed by atoms with E-state index in [-0.39, 0.29) is 28.6 Å². The molecule has 0 aliphatic carbocycles. The number of cyclic esters (lactones) is 1. The van der Waals surface area contributed by atoms with E-state index in [2.05, 4.69) is 33.9 Å². The van der Waals surface area contributed by atoms with Crippen molar-refractivity contribution >= 4 is 31.9 Å². The summed E-state index contributed by atoms with van der Waals surface area (Å²) in [5.74, 6) is -1.33. The fourth-order valence-electron chi connectivity index (χ4n) is 4.10. The predicted molar refractivity (Wildman–Crippen MR) is 143 cm³/mol. The SMILES string of the molecule is CC(C)(C)[Si](C)(C)OCCC[C@@H](Cc1ccc(Cl)c(F)c1)C(=O)N1C(=O)OC[C@H]1Cc1ccccc1. The molecule has 3 rings (SSSR count). The molecule has 1 saturated heterocycles. The molecule has 0 bridgehead atoms. The van der Waals surface area contributed by atoms with Crippen molar-refractivity contribution in [1.82, 2.24) is 4.90 Å². The monoisotopic (exact) mass is 533 g/mol. The van der Waals surface area contributed by atoms with Crippen molar-refractivity contribution in [3.05, 3.63) is 70.5 Å². The van der Waals surface area contributed by atoms with E-state index in [0.717, 1.165) is 5.56 Å². The first-order valence-electron chi connectivity index (χ1n) is 12.5. The third-order valence-corrected chi connectivity index (χ3v) is 12.1. The molecule has 1 heterocycles. The molecule has 2 aromatic carbocycles. The van der Waals surface area contributed by atoms with Crippen LogP contribution in [0.25, 0.3) is 0 Å². The maximum atomic E-state index is 14.1. The highest BCUT2D eigenvalue weighted by atomic mass is 35.5. The Morgan fingerprint density at radius 3 is 2.53 bits per heavy atom. The van der Waals surface area contributed by atoms with Crippen LogP contribution >= 0.6 is 11.6 Å². The number of benzene rings is 2. The second kappa shape index (κ2) is 11.9. The maximum absolute atomic E-state index is 14.1. The molecular weight excluding hydrogens is 497 g/mol. The van der Waals surface area contributed by atoms with Crippen LogP contribution in [0.2, 0.25) is 23.2 Å². The van der Waals surface area contributed by atoms with Gasteiger partial charge in [0.25, 0.3) is 0 Å². The van der Waals surface area contributed by atoms with Gasteiger partial charge in [0.2, 0.25) is 5.91 Å². The van der Waals surface area contributed by atoms with Crippen LogP contribution in [-0.4, -0.2) is 44.5 Å². The van der Waals surface area contributed by atoms with Gasteiger partial charge >= 0.3 is 6.09 Å². The summed E-state index contributed by atoms with van der Waals surface area (Å²) in [5.41, 5.74) is 1.69. The minimum absolute atomic E-state index is 0.0374. The molecule has 196 valence electrons. The third-order valence-electron chi connectivity index (χ3n) is 7.29. The average Bonchev–Trinajstić information content (AvgIpc) is 3.17. The number of ether oxygens (including phenoxy) is 1. The zero-order chi connectivity index (χ0) is 26.5. The van der Waals surface area contributed by atoms with Crippen molar-refractivity contribution in [2.24, 2.45) is 5.92 Å². The van der Waals surface area contributed by atoms with Crippen molar-refractivity contribution < 1.29 is 23.1 Å². The van der Waals surface area contributed by atoms with Crippen molar-refractivity contribution in [2.45, 2.75) is 70.6 Å². The predicted octanol–water partition coefficient (Wildman–Crippen LogP) is 7.03. The smallest absolute Gasteiger partial charge is 0.416 e. The van der Waals surface area contributed by atoms with Crippen LogP contribution in [0.1, 0.15) is 44.7 Å². The molecule has 5 nitrogen and oxygen atoms in total.